The Kier molecular flexibility index (Phi) is 2.89. The summed E-state index contributed by atoms with van der Waals surface area (Å²) in [7, 11) is 0. The third-order valence-corrected chi connectivity index (χ3v) is 5.13. The van der Waals surface area contributed by atoms with E-state index in [0.29, 0.717) is 17.8 Å². The zero-order valence-corrected chi connectivity index (χ0v) is 12.1. The molecule has 3 aromatic rings. The van der Waals surface area contributed by atoms with E-state index in [1.165, 1.54) is 16.5 Å². The van der Waals surface area contributed by atoms with Gasteiger partial charge in [-0.05, 0) is 36.5 Å². The highest BCUT2D eigenvalue weighted by Gasteiger charge is 2.21. The van der Waals surface area contributed by atoms with E-state index in [0.717, 1.165) is 29.5 Å². The molecule has 1 aliphatic carbocycles. The maximum atomic E-state index is 13.7. The number of nitrogens with zero attached hydrogens (tertiary/aromatic N) is 1. The fourth-order valence-corrected chi connectivity index (χ4v) is 4.23. The Morgan fingerprint density at radius 2 is 2.14 bits per heavy atom. The van der Waals surface area contributed by atoms with Gasteiger partial charge in [0, 0.05) is 11.3 Å². The van der Waals surface area contributed by atoms with Gasteiger partial charge < -0.3 is 4.98 Å². The number of H-pyrrole nitrogens is 1. The molecular weight excluding hydrogens is 287 g/mol. The van der Waals surface area contributed by atoms with Gasteiger partial charge in [0.1, 0.15) is 16.5 Å². The summed E-state index contributed by atoms with van der Waals surface area (Å²) in [5.74, 6) is 0.256. The molecule has 4 rings (SSSR count). The smallest absolute Gasteiger partial charge is 0.259 e. The lowest BCUT2D eigenvalue weighted by atomic mass is 10.1. The highest BCUT2D eigenvalue weighted by molar-refractivity contribution is 7.18. The van der Waals surface area contributed by atoms with Crippen molar-refractivity contribution in [1.82, 2.24) is 9.97 Å². The summed E-state index contributed by atoms with van der Waals surface area (Å²) in [6.07, 6.45) is 3.43. The summed E-state index contributed by atoms with van der Waals surface area (Å²) in [5, 5.41) is 0.741. The molecular formula is C16H13FN2OS. The number of hydrogen-bond acceptors (Lipinski definition) is 3. The van der Waals surface area contributed by atoms with E-state index in [1.54, 1.807) is 29.5 Å². The van der Waals surface area contributed by atoms with Crippen LogP contribution in [0.25, 0.3) is 10.2 Å². The van der Waals surface area contributed by atoms with E-state index in [2.05, 4.69) is 9.97 Å². The van der Waals surface area contributed by atoms with Gasteiger partial charge in [-0.3, -0.25) is 4.79 Å². The van der Waals surface area contributed by atoms with E-state index >= 15 is 0 Å². The molecule has 3 nitrogen and oxygen atoms in total. The lowest BCUT2D eigenvalue weighted by molar-refractivity contribution is 0.612. The van der Waals surface area contributed by atoms with E-state index in [-0.39, 0.29) is 11.4 Å². The Balaban J connectivity index is 1.81. The SMILES string of the molecule is O=c1[nH]c(Cc2ccccc2F)nc2sc3c(c12)CCC3. The first-order valence-electron chi connectivity index (χ1n) is 6.99. The van der Waals surface area contributed by atoms with E-state index in [9.17, 15) is 9.18 Å². The van der Waals surface area contributed by atoms with Gasteiger partial charge in [0.25, 0.3) is 5.56 Å². The zero-order valence-electron chi connectivity index (χ0n) is 11.3. The molecule has 106 valence electrons. The molecule has 0 unspecified atom stereocenters. The fraction of sp³-hybridized carbons (Fsp3) is 0.250. The summed E-state index contributed by atoms with van der Waals surface area (Å²) < 4.78 is 13.7. The van der Waals surface area contributed by atoms with Crippen molar-refractivity contribution in [2.45, 2.75) is 25.7 Å². The van der Waals surface area contributed by atoms with Crippen molar-refractivity contribution in [2.24, 2.45) is 0 Å². The van der Waals surface area contributed by atoms with Gasteiger partial charge in [-0.25, -0.2) is 9.37 Å². The summed E-state index contributed by atoms with van der Waals surface area (Å²) in [6.45, 7) is 0. The van der Waals surface area contributed by atoms with Crippen LogP contribution in [0.4, 0.5) is 4.39 Å². The van der Waals surface area contributed by atoms with Crippen molar-refractivity contribution < 1.29 is 4.39 Å². The van der Waals surface area contributed by atoms with Crippen LogP contribution in [0.3, 0.4) is 0 Å². The summed E-state index contributed by atoms with van der Waals surface area (Å²) in [5.41, 5.74) is 1.62. The minimum absolute atomic E-state index is 0.0919. The molecule has 1 aliphatic rings. The number of nitrogens with one attached hydrogen (secondary N) is 1. The molecule has 0 atom stereocenters. The maximum Gasteiger partial charge on any atom is 0.259 e. The Labute approximate surface area is 124 Å². The van der Waals surface area contributed by atoms with Crippen molar-refractivity contribution in [2.75, 3.05) is 0 Å². The van der Waals surface area contributed by atoms with Crippen LogP contribution in [-0.4, -0.2) is 9.97 Å². The molecule has 0 spiro atoms. The van der Waals surface area contributed by atoms with Gasteiger partial charge in [-0.2, -0.15) is 0 Å². The number of aromatic nitrogens is 2. The minimum atomic E-state index is -0.270. The number of thiophene rings is 1. The molecule has 1 aromatic carbocycles. The molecule has 0 aliphatic heterocycles. The first kappa shape index (κ1) is 12.7. The number of aryl methyl sites for hydroxylation is 2. The van der Waals surface area contributed by atoms with Crippen molar-refractivity contribution >= 4 is 21.6 Å². The van der Waals surface area contributed by atoms with Crippen LogP contribution < -0.4 is 5.56 Å². The molecule has 0 saturated carbocycles. The van der Waals surface area contributed by atoms with Gasteiger partial charge in [0.2, 0.25) is 0 Å². The lowest BCUT2D eigenvalue weighted by Crippen LogP contribution is -2.12. The van der Waals surface area contributed by atoms with Crippen LogP contribution in [0, 0.1) is 5.82 Å². The van der Waals surface area contributed by atoms with E-state index in [1.807, 2.05) is 0 Å². The highest BCUT2D eigenvalue weighted by Crippen LogP contribution is 2.34. The lowest BCUT2D eigenvalue weighted by Gasteiger charge is -2.03. The molecule has 2 heterocycles. The maximum absolute atomic E-state index is 13.7. The Bertz CT molecular complexity index is 897. The number of fused-ring (bicyclic) bond motifs is 3. The van der Waals surface area contributed by atoms with Crippen molar-refractivity contribution in [3.05, 3.63) is 62.3 Å². The zero-order chi connectivity index (χ0) is 14.4. The first-order chi connectivity index (χ1) is 10.2. The second-order valence-electron chi connectivity index (χ2n) is 5.32. The molecule has 0 fully saturated rings. The fourth-order valence-electron chi connectivity index (χ4n) is 2.95. The van der Waals surface area contributed by atoms with Crippen molar-refractivity contribution in [3.8, 4) is 0 Å². The van der Waals surface area contributed by atoms with Crippen LogP contribution in [0.5, 0.6) is 0 Å². The Hall–Kier alpha value is -2.01. The number of halogens is 1. The largest absolute Gasteiger partial charge is 0.310 e. The number of hydrogen-bond donors (Lipinski definition) is 1. The highest BCUT2D eigenvalue weighted by atomic mass is 32.1. The summed E-state index contributed by atoms with van der Waals surface area (Å²) >= 11 is 1.60. The molecule has 1 N–H and O–H groups in total. The van der Waals surface area contributed by atoms with Gasteiger partial charge >= 0.3 is 0 Å². The molecule has 0 bridgehead atoms. The number of aromatic amines is 1. The molecule has 0 radical (unpaired) electrons. The third kappa shape index (κ3) is 2.08. The van der Waals surface area contributed by atoms with Gasteiger partial charge in [0.15, 0.2) is 0 Å². The average molecular weight is 300 g/mol. The molecule has 0 saturated heterocycles. The molecule has 0 amide bonds. The molecule has 5 heteroatoms. The van der Waals surface area contributed by atoms with Crippen LogP contribution in [0.15, 0.2) is 29.1 Å². The van der Waals surface area contributed by atoms with Crippen molar-refractivity contribution in [1.29, 1.82) is 0 Å². The minimum Gasteiger partial charge on any atom is -0.310 e. The predicted molar refractivity (Wildman–Crippen MR) is 81.5 cm³/mol. The average Bonchev–Trinajstić information content (AvgIpc) is 3.01. The first-order valence-corrected chi connectivity index (χ1v) is 7.81. The number of benzene rings is 1. The monoisotopic (exact) mass is 300 g/mol. The third-order valence-electron chi connectivity index (χ3n) is 3.94. The Morgan fingerprint density at radius 3 is 3.00 bits per heavy atom. The van der Waals surface area contributed by atoms with E-state index in [4.69, 9.17) is 0 Å². The van der Waals surface area contributed by atoms with Crippen LogP contribution in [-0.2, 0) is 19.3 Å². The quantitative estimate of drug-likeness (QED) is 0.790. The van der Waals surface area contributed by atoms with E-state index < -0.39 is 0 Å². The van der Waals surface area contributed by atoms with Crippen LogP contribution in [0.1, 0.15) is 28.2 Å². The number of rotatable bonds is 2. The van der Waals surface area contributed by atoms with Crippen LogP contribution in [0.2, 0.25) is 0 Å². The normalized spacial score (nSPS) is 13.8. The topological polar surface area (TPSA) is 45.8 Å². The van der Waals surface area contributed by atoms with Gasteiger partial charge in [0.05, 0.1) is 5.39 Å². The second-order valence-corrected chi connectivity index (χ2v) is 6.40. The van der Waals surface area contributed by atoms with Crippen LogP contribution >= 0.6 is 11.3 Å². The molecule has 2 aromatic heterocycles. The van der Waals surface area contributed by atoms with Crippen molar-refractivity contribution in [3.63, 3.8) is 0 Å². The van der Waals surface area contributed by atoms with Gasteiger partial charge in [-0.15, -0.1) is 11.3 Å². The predicted octanol–water partition coefficient (Wildman–Crippen LogP) is 3.20. The standard InChI is InChI=1S/C16H13FN2OS/c17-11-6-2-1-4-9(11)8-13-18-15(20)14-10-5-3-7-12(10)21-16(14)19-13/h1-2,4,6H,3,5,7-8H2,(H,18,19,20). The molecule has 21 heavy (non-hydrogen) atoms. The summed E-state index contributed by atoms with van der Waals surface area (Å²) in [6, 6.07) is 6.58. The summed E-state index contributed by atoms with van der Waals surface area (Å²) in [4.78, 5) is 21.7. The second kappa shape index (κ2) is 4.77. The Morgan fingerprint density at radius 1 is 1.29 bits per heavy atom. The van der Waals surface area contributed by atoms with Gasteiger partial charge in [-0.1, -0.05) is 18.2 Å².